The predicted molar refractivity (Wildman–Crippen MR) is 66.6 cm³/mol. The minimum absolute atomic E-state index is 0.0566. The van der Waals surface area contributed by atoms with Crippen molar-refractivity contribution < 1.29 is 4.74 Å². The zero-order valence-corrected chi connectivity index (χ0v) is 10.1. The normalized spacial score (nSPS) is 12.4. The molecule has 17 heavy (non-hydrogen) atoms. The fourth-order valence-corrected chi connectivity index (χ4v) is 1.55. The van der Waals surface area contributed by atoms with Gasteiger partial charge in [0.05, 0.1) is 18.2 Å². The van der Waals surface area contributed by atoms with Crippen LogP contribution in [0.2, 0.25) is 0 Å². The molecule has 0 amide bonds. The molecule has 0 saturated heterocycles. The van der Waals surface area contributed by atoms with Gasteiger partial charge < -0.3 is 15.0 Å². The molecule has 0 aliphatic rings. The van der Waals surface area contributed by atoms with E-state index >= 15 is 0 Å². The van der Waals surface area contributed by atoms with E-state index in [0.717, 1.165) is 17.0 Å². The van der Waals surface area contributed by atoms with Gasteiger partial charge in [0.2, 0.25) is 0 Å². The van der Waals surface area contributed by atoms with Crippen LogP contribution in [0.4, 0.5) is 0 Å². The van der Waals surface area contributed by atoms with E-state index in [-0.39, 0.29) is 6.04 Å². The number of hydrogen-bond acceptors (Lipinski definition) is 3. The summed E-state index contributed by atoms with van der Waals surface area (Å²) in [6.07, 6.45) is 3.56. The van der Waals surface area contributed by atoms with Gasteiger partial charge in [0.25, 0.3) is 0 Å². The van der Waals surface area contributed by atoms with Crippen molar-refractivity contribution >= 4 is 0 Å². The molecule has 0 fully saturated rings. The van der Waals surface area contributed by atoms with Crippen LogP contribution in [0.25, 0.3) is 0 Å². The fourth-order valence-electron chi connectivity index (χ4n) is 1.55. The molecule has 1 atom stereocenters. The summed E-state index contributed by atoms with van der Waals surface area (Å²) < 4.78 is 7.61. The molecule has 0 spiro atoms. The number of aryl methyl sites for hydroxylation is 1. The lowest BCUT2D eigenvalue weighted by molar-refractivity contribution is 0.297. The highest BCUT2D eigenvalue weighted by atomic mass is 16.5. The Morgan fingerprint density at radius 3 is 2.59 bits per heavy atom. The number of nitrogens with zero attached hydrogens (tertiary/aromatic N) is 2. The zero-order chi connectivity index (χ0) is 12.3. The van der Waals surface area contributed by atoms with E-state index in [1.807, 2.05) is 42.8 Å². The van der Waals surface area contributed by atoms with Gasteiger partial charge in [0.15, 0.2) is 0 Å². The Hall–Kier alpha value is -1.81. The number of hydrogen-bond donors (Lipinski definition) is 1. The van der Waals surface area contributed by atoms with Crippen LogP contribution in [0, 0.1) is 0 Å². The van der Waals surface area contributed by atoms with E-state index in [1.165, 1.54) is 0 Å². The molecule has 4 nitrogen and oxygen atoms in total. The van der Waals surface area contributed by atoms with Gasteiger partial charge in [-0.3, -0.25) is 0 Å². The lowest BCUT2D eigenvalue weighted by atomic mass is 10.1. The monoisotopic (exact) mass is 231 g/mol. The zero-order valence-electron chi connectivity index (χ0n) is 10.1. The highest BCUT2D eigenvalue weighted by molar-refractivity contribution is 5.28. The molecule has 0 bridgehead atoms. The molecule has 2 aromatic rings. The maximum atomic E-state index is 5.78. The first-order valence-corrected chi connectivity index (χ1v) is 5.60. The summed E-state index contributed by atoms with van der Waals surface area (Å²) in [6, 6.07) is 7.91. The van der Waals surface area contributed by atoms with E-state index in [2.05, 4.69) is 4.98 Å². The van der Waals surface area contributed by atoms with Crippen LogP contribution in [0.1, 0.15) is 24.2 Å². The molecule has 90 valence electrons. The van der Waals surface area contributed by atoms with Gasteiger partial charge >= 0.3 is 0 Å². The van der Waals surface area contributed by atoms with Crippen molar-refractivity contribution in [2.24, 2.45) is 12.8 Å². The molecular formula is C13H17N3O. The van der Waals surface area contributed by atoms with E-state index in [4.69, 9.17) is 10.5 Å². The summed E-state index contributed by atoms with van der Waals surface area (Å²) in [6.45, 7) is 2.49. The Balaban J connectivity index is 1.98. The second kappa shape index (κ2) is 5.01. The third-order valence-electron chi connectivity index (χ3n) is 2.71. The second-order valence-electron chi connectivity index (χ2n) is 4.14. The van der Waals surface area contributed by atoms with Crippen LogP contribution >= 0.6 is 0 Å². The fraction of sp³-hybridized carbons (Fsp3) is 0.308. The van der Waals surface area contributed by atoms with Gasteiger partial charge in [-0.1, -0.05) is 12.1 Å². The van der Waals surface area contributed by atoms with E-state index < -0.39 is 0 Å². The molecule has 0 unspecified atom stereocenters. The van der Waals surface area contributed by atoms with Gasteiger partial charge in [-0.15, -0.1) is 0 Å². The Morgan fingerprint density at radius 2 is 2.06 bits per heavy atom. The lowest BCUT2D eigenvalue weighted by Gasteiger charge is -2.09. The summed E-state index contributed by atoms with van der Waals surface area (Å²) >= 11 is 0. The van der Waals surface area contributed by atoms with Crippen molar-refractivity contribution in [2.75, 3.05) is 0 Å². The first-order valence-electron chi connectivity index (χ1n) is 5.60. The Morgan fingerprint density at radius 1 is 1.35 bits per heavy atom. The highest BCUT2D eigenvalue weighted by Crippen LogP contribution is 2.17. The third-order valence-corrected chi connectivity index (χ3v) is 2.71. The minimum Gasteiger partial charge on any atom is -0.487 e. The first-order chi connectivity index (χ1) is 8.16. The summed E-state index contributed by atoms with van der Waals surface area (Å²) in [4.78, 5) is 4.04. The van der Waals surface area contributed by atoms with Crippen LogP contribution in [-0.2, 0) is 13.7 Å². The van der Waals surface area contributed by atoms with Crippen LogP contribution in [-0.4, -0.2) is 9.55 Å². The van der Waals surface area contributed by atoms with Gasteiger partial charge in [-0.25, -0.2) is 4.98 Å². The smallest absolute Gasteiger partial charge is 0.130 e. The van der Waals surface area contributed by atoms with Crippen molar-refractivity contribution in [1.29, 1.82) is 0 Å². The molecular weight excluding hydrogens is 214 g/mol. The number of benzene rings is 1. The molecule has 0 aliphatic carbocycles. The van der Waals surface area contributed by atoms with Crippen molar-refractivity contribution in [3.05, 3.63) is 48.0 Å². The molecule has 1 heterocycles. The molecule has 2 rings (SSSR count). The summed E-state index contributed by atoms with van der Waals surface area (Å²) in [5, 5.41) is 0. The average Bonchev–Trinajstić information content (AvgIpc) is 2.73. The number of ether oxygens (including phenoxy) is 1. The standard InChI is InChI=1S/C13H17N3O/c1-10(14)11-3-5-13(6-4-11)17-8-12-7-15-9-16(12)2/h3-7,9-10H,8,14H2,1-2H3/t10-/m1/s1. The summed E-state index contributed by atoms with van der Waals surface area (Å²) in [5.41, 5.74) is 7.93. The molecule has 2 N–H and O–H groups in total. The summed E-state index contributed by atoms with van der Waals surface area (Å²) in [7, 11) is 1.95. The Labute approximate surface area is 101 Å². The largest absolute Gasteiger partial charge is 0.487 e. The number of aromatic nitrogens is 2. The van der Waals surface area contributed by atoms with Crippen molar-refractivity contribution in [3.63, 3.8) is 0 Å². The van der Waals surface area contributed by atoms with E-state index in [0.29, 0.717) is 6.61 Å². The molecule has 0 aliphatic heterocycles. The Kier molecular flexibility index (Phi) is 3.44. The van der Waals surface area contributed by atoms with Gasteiger partial charge in [-0.2, -0.15) is 0 Å². The molecule has 4 heteroatoms. The van der Waals surface area contributed by atoms with E-state index in [9.17, 15) is 0 Å². The van der Waals surface area contributed by atoms with Crippen LogP contribution in [0.3, 0.4) is 0 Å². The van der Waals surface area contributed by atoms with Crippen LogP contribution in [0.5, 0.6) is 5.75 Å². The first kappa shape index (κ1) is 11.7. The Bertz CT molecular complexity index is 474. The van der Waals surface area contributed by atoms with Crippen LogP contribution < -0.4 is 10.5 Å². The molecule has 1 aromatic heterocycles. The van der Waals surface area contributed by atoms with Gasteiger partial charge in [-0.05, 0) is 24.6 Å². The SMILES string of the molecule is C[C@@H](N)c1ccc(OCc2cncn2C)cc1. The minimum atomic E-state index is 0.0566. The second-order valence-corrected chi connectivity index (χ2v) is 4.14. The average molecular weight is 231 g/mol. The maximum Gasteiger partial charge on any atom is 0.130 e. The number of nitrogens with two attached hydrogens (primary N) is 1. The van der Waals surface area contributed by atoms with Crippen molar-refractivity contribution in [3.8, 4) is 5.75 Å². The third kappa shape index (κ3) is 2.85. The van der Waals surface area contributed by atoms with Crippen molar-refractivity contribution in [2.45, 2.75) is 19.6 Å². The van der Waals surface area contributed by atoms with Gasteiger partial charge in [0, 0.05) is 13.1 Å². The quantitative estimate of drug-likeness (QED) is 0.875. The number of rotatable bonds is 4. The van der Waals surface area contributed by atoms with Crippen molar-refractivity contribution in [1.82, 2.24) is 9.55 Å². The van der Waals surface area contributed by atoms with Crippen LogP contribution in [0.15, 0.2) is 36.8 Å². The maximum absolute atomic E-state index is 5.78. The number of imidazole rings is 1. The molecule has 0 radical (unpaired) electrons. The topological polar surface area (TPSA) is 53.1 Å². The predicted octanol–water partition coefficient (Wildman–Crippen LogP) is 2.02. The van der Waals surface area contributed by atoms with E-state index in [1.54, 1.807) is 12.5 Å². The molecule has 0 saturated carbocycles. The van der Waals surface area contributed by atoms with Gasteiger partial charge in [0.1, 0.15) is 12.4 Å². The lowest BCUT2D eigenvalue weighted by Crippen LogP contribution is -2.05. The molecule has 1 aromatic carbocycles. The highest BCUT2D eigenvalue weighted by Gasteiger charge is 2.01. The summed E-state index contributed by atoms with van der Waals surface area (Å²) in [5.74, 6) is 0.843.